The molecule has 3 heterocycles. The van der Waals surface area contributed by atoms with E-state index in [0.717, 1.165) is 19.4 Å². The number of ether oxygens (including phenoxy) is 1. The molecule has 1 aromatic rings. The first-order chi connectivity index (χ1) is 9.70. The Balaban J connectivity index is 1.93. The maximum absolute atomic E-state index is 12.9. The van der Waals surface area contributed by atoms with Crippen molar-refractivity contribution in [3.8, 4) is 5.75 Å². The van der Waals surface area contributed by atoms with E-state index in [1.807, 2.05) is 4.90 Å². The van der Waals surface area contributed by atoms with Gasteiger partial charge >= 0.3 is 0 Å². The van der Waals surface area contributed by atoms with Crippen molar-refractivity contribution in [2.75, 3.05) is 20.2 Å². The molecule has 0 aromatic carbocycles. The molecule has 3 aliphatic rings. The monoisotopic (exact) mass is 275 g/mol. The van der Waals surface area contributed by atoms with Crippen LogP contribution in [0.1, 0.15) is 36.2 Å². The smallest absolute Gasteiger partial charge is 0.276 e. The average Bonchev–Trinajstić information content (AvgIpc) is 2.55. The molecule has 2 saturated heterocycles. The number of nitrogens with two attached hydrogens (primary N) is 1. The van der Waals surface area contributed by atoms with Gasteiger partial charge in [-0.05, 0) is 43.7 Å². The molecule has 2 bridgehead atoms. The molecule has 0 radical (unpaired) electrons. The standard InChI is InChI=1S/C15H21N3O2/c1-20-12-3-2-8-17-13(12)14(19)18-9-11-4-6-15(18,10-16)7-5-11/h2-3,8,11H,4-7,9-10,16H2,1H3. The number of piperidine rings is 2. The Hall–Kier alpha value is -1.62. The van der Waals surface area contributed by atoms with E-state index in [2.05, 4.69) is 4.98 Å². The van der Waals surface area contributed by atoms with Crippen LogP contribution in [0.25, 0.3) is 0 Å². The van der Waals surface area contributed by atoms with Gasteiger partial charge in [0, 0.05) is 19.3 Å². The lowest BCUT2D eigenvalue weighted by atomic mass is 9.70. The van der Waals surface area contributed by atoms with Crippen molar-refractivity contribution in [1.29, 1.82) is 0 Å². The van der Waals surface area contributed by atoms with Crippen molar-refractivity contribution in [1.82, 2.24) is 9.88 Å². The number of carbonyl (C=O) groups excluding carboxylic acids is 1. The van der Waals surface area contributed by atoms with E-state index < -0.39 is 0 Å². The summed E-state index contributed by atoms with van der Waals surface area (Å²) in [6, 6.07) is 3.55. The SMILES string of the molecule is COc1cccnc1C(=O)N1CC2CCC1(CN)CC2. The lowest BCUT2D eigenvalue weighted by Gasteiger charge is -2.54. The van der Waals surface area contributed by atoms with Crippen LogP contribution in [0.15, 0.2) is 18.3 Å². The summed E-state index contributed by atoms with van der Waals surface area (Å²) >= 11 is 0. The van der Waals surface area contributed by atoms with Crippen LogP contribution in [-0.4, -0.2) is 41.5 Å². The van der Waals surface area contributed by atoms with E-state index in [9.17, 15) is 4.79 Å². The third kappa shape index (κ3) is 1.97. The number of rotatable bonds is 3. The third-order valence-electron chi connectivity index (χ3n) is 4.87. The minimum Gasteiger partial charge on any atom is -0.494 e. The van der Waals surface area contributed by atoms with E-state index in [1.165, 1.54) is 12.8 Å². The van der Waals surface area contributed by atoms with E-state index in [1.54, 1.807) is 25.4 Å². The average molecular weight is 275 g/mol. The van der Waals surface area contributed by atoms with Gasteiger partial charge in [0.05, 0.1) is 12.6 Å². The molecule has 0 atom stereocenters. The first-order valence-electron chi connectivity index (χ1n) is 7.21. The molecule has 2 N–H and O–H groups in total. The van der Waals surface area contributed by atoms with Crippen molar-refractivity contribution >= 4 is 5.91 Å². The second-order valence-electron chi connectivity index (χ2n) is 5.84. The second-order valence-corrected chi connectivity index (χ2v) is 5.84. The molecule has 5 heteroatoms. The minimum absolute atomic E-state index is 0.0442. The van der Waals surface area contributed by atoms with E-state index in [-0.39, 0.29) is 11.4 Å². The van der Waals surface area contributed by atoms with Crippen molar-refractivity contribution in [3.63, 3.8) is 0 Å². The first kappa shape index (κ1) is 13.4. The quantitative estimate of drug-likeness (QED) is 0.906. The Kier molecular flexibility index (Phi) is 3.38. The van der Waals surface area contributed by atoms with Gasteiger partial charge in [0.1, 0.15) is 5.75 Å². The second kappa shape index (κ2) is 5.05. The number of methoxy groups -OCH3 is 1. The molecule has 3 fully saturated rings. The van der Waals surface area contributed by atoms with Crippen molar-refractivity contribution < 1.29 is 9.53 Å². The van der Waals surface area contributed by atoms with E-state index >= 15 is 0 Å². The third-order valence-corrected chi connectivity index (χ3v) is 4.87. The van der Waals surface area contributed by atoms with Gasteiger partial charge in [-0.2, -0.15) is 0 Å². The largest absolute Gasteiger partial charge is 0.494 e. The highest BCUT2D eigenvalue weighted by molar-refractivity contribution is 5.95. The van der Waals surface area contributed by atoms with Crippen molar-refractivity contribution in [3.05, 3.63) is 24.0 Å². The lowest BCUT2D eigenvalue weighted by molar-refractivity contribution is -0.0158. The van der Waals surface area contributed by atoms with Gasteiger partial charge in [0.25, 0.3) is 5.91 Å². The number of fused-ring (bicyclic) bond motifs is 3. The van der Waals surface area contributed by atoms with E-state index in [0.29, 0.717) is 23.9 Å². The number of carbonyl (C=O) groups is 1. The molecule has 4 rings (SSSR count). The number of pyridine rings is 1. The Morgan fingerprint density at radius 3 is 2.95 bits per heavy atom. The number of nitrogens with zero attached hydrogens (tertiary/aromatic N) is 2. The normalized spacial score (nSPS) is 28.5. The lowest BCUT2D eigenvalue weighted by Crippen LogP contribution is -2.63. The molecule has 1 saturated carbocycles. The van der Waals surface area contributed by atoms with Gasteiger partial charge in [0.15, 0.2) is 5.69 Å². The summed E-state index contributed by atoms with van der Waals surface area (Å²) in [6.45, 7) is 1.33. The van der Waals surface area contributed by atoms with Crippen LogP contribution in [-0.2, 0) is 0 Å². The molecule has 1 aromatic heterocycles. The summed E-state index contributed by atoms with van der Waals surface area (Å²) in [7, 11) is 1.56. The fourth-order valence-corrected chi connectivity index (χ4v) is 3.58. The molecule has 1 amide bonds. The zero-order valence-electron chi connectivity index (χ0n) is 11.8. The molecule has 108 valence electrons. The van der Waals surface area contributed by atoms with Gasteiger partial charge < -0.3 is 15.4 Å². The molecule has 20 heavy (non-hydrogen) atoms. The van der Waals surface area contributed by atoms with Crippen LogP contribution in [0.2, 0.25) is 0 Å². The molecule has 0 unspecified atom stereocenters. The summed E-state index contributed by atoms with van der Waals surface area (Å²) < 4.78 is 5.26. The molecule has 0 spiro atoms. The summed E-state index contributed by atoms with van der Waals surface area (Å²) in [4.78, 5) is 19.0. The Labute approximate surface area is 119 Å². The summed E-state index contributed by atoms with van der Waals surface area (Å²) in [5, 5.41) is 0. The van der Waals surface area contributed by atoms with Gasteiger partial charge in [0.2, 0.25) is 0 Å². The topological polar surface area (TPSA) is 68.5 Å². The van der Waals surface area contributed by atoms with Crippen LogP contribution in [0, 0.1) is 5.92 Å². The fraction of sp³-hybridized carbons (Fsp3) is 0.600. The highest BCUT2D eigenvalue weighted by Gasteiger charge is 2.48. The number of aromatic nitrogens is 1. The Bertz CT molecular complexity index is 510. The molecular weight excluding hydrogens is 254 g/mol. The Morgan fingerprint density at radius 1 is 1.55 bits per heavy atom. The summed E-state index contributed by atoms with van der Waals surface area (Å²) in [5.74, 6) is 1.10. The van der Waals surface area contributed by atoms with Crippen LogP contribution in [0.5, 0.6) is 5.75 Å². The maximum atomic E-state index is 12.9. The van der Waals surface area contributed by atoms with Crippen LogP contribution in [0.3, 0.4) is 0 Å². The maximum Gasteiger partial charge on any atom is 0.276 e. The molecular formula is C15H21N3O2. The van der Waals surface area contributed by atoms with Crippen molar-refractivity contribution in [2.24, 2.45) is 11.7 Å². The van der Waals surface area contributed by atoms with Crippen LogP contribution >= 0.6 is 0 Å². The number of hydrogen-bond acceptors (Lipinski definition) is 4. The summed E-state index contributed by atoms with van der Waals surface area (Å²) in [5.41, 5.74) is 6.23. The predicted molar refractivity (Wildman–Crippen MR) is 75.6 cm³/mol. The minimum atomic E-state index is -0.172. The van der Waals surface area contributed by atoms with Gasteiger partial charge in [-0.25, -0.2) is 4.98 Å². The predicted octanol–water partition coefficient (Wildman–Crippen LogP) is 1.43. The van der Waals surface area contributed by atoms with Gasteiger partial charge in [-0.1, -0.05) is 0 Å². The van der Waals surface area contributed by atoms with Crippen LogP contribution < -0.4 is 10.5 Å². The molecule has 2 aliphatic heterocycles. The molecule has 1 aliphatic carbocycles. The Morgan fingerprint density at radius 2 is 2.30 bits per heavy atom. The van der Waals surface area contributed by atoms with Gasteiger partial charge in [-0.15, -0.1) is 0 Å². The van der Waals surface area contributed by atoms with Crippen LogP contribution in [0.4, 0.5) is 0 Å². The van der Waals surface area contributed by atoms with Crippen molar-refractivity contribution in [2.45, 2.75) is 31.2 Å². The highest BCUT2D eigenvalue weighted by Crippen LogP contribution is 2.43. The number of amides is 1. The van der Waals surface area contributed by atoms with E-state index in [4.69, 9.17) is 10.5 Å². The number of hydrogen-bond donors (Lipinski definition) is 1. The first-order valence-corrected chi connectivity index (χ1v) is 7.21. The zero-order chi connectivity index (χ0) is 14.2. The zero-order valence-corrected chi connectivity index (χ0v) is 11.8. The fourth-order valence-electron chi connectivity index (χ4n) is 3.58. The highest BCUT2D eigenvalue weighted by atomic mass is 16.5. The van der Waals surface area contributed by atoms with Gasteiger partial charge in [-0.3, -0.25) is 4.79 Å². The summed E-state index contributed by atoms with van der Waals surface area (Å²) in [6.07, 6.45) is 6.01. The molecule has 5 nitrogen and oxygen atoms in total.